The van der Waals surface area contributed by atoms with Crippen molar-refractivity contribution >= 4 is 23.7 Å². The summed E-state index contributed by atoms with van der Waals surface area (Å²) in [6.07, 6.45) is 1.09. The Morgan fingerprint density at radius 3 is 2.69 bits per heavy atom. The van der Waals surface area contributed by atoms with Gasteiger partial charge >= 0.3 is 0 Å². The van der Waals surface area contributed by atoms with E-state index in [4.69, 9.17) is 11.6 Å². The fraction of sp³-hybridized carbons (Fsp3) is 0.200. The number of benzene rings is 1. The van der Waals surface area contributed by atoms with E-state index < -0.39 is 0 Å². The van der Waals surface area contributed by atoms with Crippen molar-refractivity contribution in [2.24, 2.45) is 0 Å². The first-order valence-electron chi connectivity index (χ1n) is 3.96. The zero-order valence-corrected chi connectivity index (χ0v) is 7.97. The van der Waals surface area contributed by atoms with Crippen LogP contribution in [0.4, 0.5) is 0 Å². The third kappa shape index (κ3) is 2.39. The van der Waals surface area contributed by atoms with Crippen LogP contribution in [-0.4, -0.2) is 12.1 Å². The lowest BCUT2D eigenvalue weighted by Crippen LogP contribution is -1.97. The van der Waals surface area contributed by atoms with Crippen molar-refractivity contribution in [3.63, 3.8) is 0 Å². The molecule has 2 nitrogen and oxygen atoms in total. The van der Waals surface area contributed by atoms with E-state index in [0.717, 1.165) is 0 Å². The molecule has 0 aromatic heterocycles. The SMILES string of the molecule is CCC(=O)c1cc(Cl)cc(C=O)c1. The molecule has 0 N–H and O–H groups in total. The van der Waals surface area contributed by atoms with Gasteiger partial charge in [0.1, 0.15) is 6.29 Å². The van der Waals surface area contributed by atoms with Crippen LogP contribution in [0.1, 0.15) is 34.1 Å². The van der Waals surface area contributed by atoms with Crippen molar-refractivity contribution in [1.29, 1.82) is 0 Å². The summed E-state index contributed by atoms with van der Waals surface area (Å²) in [5.74, 6) is -0.00870. The van der Waals surface area contributed by atoms with Gasteiger partial charge in [-0.05, 0) is 18.2 Å². The van der Waals surface area contributed by atoms with E-state index in [9.17, 15) is 9.59 Å². The van der Waals surface area contributed by atoms with Crippen molar-refractivity contribution in [2.75, 3.05) is 0 Å². The quantitative estimate of drug-likeness (QED) is 0.550. The van der Waals surface area contributed by atoms with Gasteiger partial charge in [-0.25, -0.2) is 0 Å². The molecule has 0 saturated heterocycles. The summed E-state index contributed by atoms with van der Waals surface area (Å²) in [6, 6.07) is 4.64. The highest BCUT2D eigenvalue weighted by atomic mass is 35.5. The van der Waals surface area contributed by atoms with Crippen LogP contribution in [0.5, 0.6) is 0 Å². The summed E-state index contributed by atoms with van der Waals surface area (Å²) in [6.45, 7) is 1.77. The summed E-state index contributed by atoms with van der Waals surface area (Å²) in [4.78, 5) is 21.7. The maximum Gasteiger partial charge on any atom is 0.162 e. The molecule has 0 radical (unpaired) electrons. The molecule has 0 fully saturated rings. The van der Waals surface area contributed by atoms with E-state index in [1.165, 1.54) is 6.07 Å². The molecular formula is C10H9ClO2. The Morgan fingerprint density at radius 1 is 1.46 bits per heavy atom. The summed E-state index contributed by atoms with van der Waals surface area (Å²) >= 11 is 5.72. The molecule has 0 heterocycles. The molecule has 0 saturated carbocycles. The second-order valence-electron chi connectivity index (χ2n) is 2.67. The molecule has 0 aliphatic carbocycles. The van der Waals surface area contributed by atoms with Crippen molar-refractivity contribution in [3.05, 3.63) is 34.3 Å². The van der Waals surface area contributed by atoms with Crippen molar-refractivity contribution < 1.29 is 9.59 Å². The van der Waals surface area contributed by atoms with E-state index in [1.807, 2.05) is 0 Å². The fourth-order valence-corrected chi connectivity index (χ4v) is 1.29. The maximum atomic E-state index is 11.3. The molecule has 1 aromatic rings. The van der Waals surface area contributed by atoms with Gasteiger partial charge in [0.15, 0.2) is 5.78 Å². The summed E-state index contributed by atoms with van der Waals surface area (Å²) in [5, 5.41) is 0.418. The van der Waals surface area contributed by atoms with Gasteiger partial charge in [0.2, 0.25) is 0 Å². The number of carbonyl (C=O) groups is 2. The van der Waals surface area contributed by atoms with Gasteiger partial charge in [-0.2, -0.15) is 0 Å². The molecular weight excluding hydrogens is 188 g/mol. The number of halogens is 1. The second-order valence-corrected chi connectivity index (χ2v) is 3.10. The summed E-state index contributed by atoms with van der Waals surface area (Å²) < 4.78 is 0. The summed E-state index contributed by atoms with van der Waals surface area (Å²) in [5.41, 5.74) is 0.932. The van der Waals surface area contributed by atoms with Gasteiger partial charge in [0, 0.05) is 22.6 Å². The Balaban J connectivity index is 3.15. The van der Waals surface area contributed by atoms with Crippen LogP contribution in [0.15, 0.2) is 18.2 Å². The van der Waals surface area contributed by atoms with Gasteiger partial charge in [-0.1, -0.05) is 18.5 Å². The number of aldehydes is 1. The predicted octanol–water partition coefficient (Wildman–Crippen LogP) is 2.75. The average Bonchev–Trinajstić information content (AvgIpc) is 2.15. The van der Waals surface area contributed by atoms with Crippen molar-refractivity contribution in [1.82, 2.24) is 0 Å². The van der Waals surface area contributed by atoms with Crippen LogP contribution in [0, 0.1) is 0 Å². The highest BCUT2D eigenvalue weighted by Crippen LogP contribution is 2.15. The highest BCUT2D eigenvalue weighted by molar-refractivity contribution is 6.31. The molecule has 1 aromatic carbocycles. The fourth-order valence-electron chi connectivity index (χ4n) is 1.05. The first kappa shape index (κ1) is 9.93. The molecule has 0 spiro atoms. The van der Waals surface area contributed by atoms with Crippen LogP contribution >= 0.6 is 11.6 Å². The smallest absolute Gasteiger partial charge is 0.162 e. The predicted molar refractivity (Wildman–Crippen MR) is 51.5 cm³/mol. The first-order valence-corrected chi connectivity index (χ1v) is 4.34. The second kappa shape index (κ2) is 4.19. The standard InChI is InChI=1S/C10H9ClO2/c1-2-10(13)8-3-7(6-12)4-9(11)5-8/h3-6H,2H2,1H3. The van der Waals surface area contributed by atoms with Crippen LogP contribution in [-0.2, 0) is 0 Å². The number of hydrogen-bond acceptors (Lipinski definition) is 2. The number of rotatable bonds is 3. The molecule has 0 aliphatic heterocycles. The van der Waals surface area contributed by atoms with E-state index >= 15 is 0 Å². The third-order valence-electron chi connectivity index (χ3n) is 1.70. The normalized spacial score (nSPS) is 9.69. The first-order chi connectivity index (χ1) is 6.17. The number of hydrogen-bond donors (Lipinski definition) is 0. The Kier molecular flexibility index (Phi) is 3.20. The van der Waals surface area contributed by atoms with Crippen molar-refractivity contribution in [3.8, 4) is 0 Å². The molecule has 0 unspecified atom stereocenters. The monoisotopic (exact) mass is 196 g/mol. The van der Waals surface area contributed by atoms with Gasteiger partial charge in [-0.15, -0.1) is 0 Å². The lowest BCUT2D eigenvalue weighted by molar-refractivity contribution is 0.0988. The molecule has 3 heteroatoms. The summed E-state index contributed by atoms with van der Waals surface area (Å²) in [7, 11) is 0. The minimum absolute atomic E-state index is 0.00870. The van der Waals surface area contributed by atoms with Crippen molar-refractivity contribution in [2.45, 2.75) is 13.3 Å². The number of Topliss-reactive ketones (excluding diaryl/α,β-unsaturated/α-hetero) is 1. The topological polar surface area (TPSA) is 34.1 Å². The zero-order valence-electron chi connectivity index (χ0n) is 7.21. The molecule has 0 bridgehead atoms. The molecule has 0 atom stereocenters. The Hall–Kier alpha value is -1.15. The zero-order chi connectivity index (χ0) is 9.84. The minimum Gasteiger partial charge on any atom is -0.298 e. The van der Waals surface area contributed by atoms with Crippen LogP contribution in [0.2, 0.25) is 5.02 Å². The highest BCUT2D eigenvalue weighted by Gasteiger charge is 2.05. The van der Waals surface area contributed by atoms with Gasteiger partial charge in [-0.3, -0.25) is 9.59 Å². The Labute approximate surface area is 81.5 Å². The molecule has 1 rings (SSSR count). The molecule has 0 amide bonds. The van der Waals surface area contributed by atoms with Gasteiger partial charge < -0.3 is 0 Å². The molecule has 68 valence electrons. The minimum atomic E-state index is -0.00870. The Bertz CT molecular complexity index is 345. The van der Waals surface area contributed by atoms with E-state index in [-0.39, 0.29) is 5.78 Å². The maximum absolute atomic E-state index is 11.3. The van der Waals surface area contributed by atoms with Gasteiger partial charge in [0.25, 0.3) is 0 Å². The van der Waals surface area contributed by atoms with E-state index in [0.29, 0.717) is 28.9 Å². The lowest BCUT2D eigenvalue weighted by Gasteiger charge is -1.99. The van der Waals surface area contributed by atoms with E-state index in [1.54, 1.807) is 19.1 Å². The van der Waals surface area contributed by atoms with Gasteiger partial charge in [0.05, 0.1) is 0 Å². The Morgan fingerprint density at radius 2 is 2.15 bits per heavy atom. The average molecular weight is 197 g/mol. The van der Waals surface area contributed by atoms with Crippen LogP contribution in [0.3, 0.4) is 0 Å². The molecule has 13 heavy (non-hydrogen) atoms. The number of carbonyl (C=O) groups excluding carboxylic acids is 2. The third-order valence-corrected chi connectivity index (χ3v) is 1.92. The van der Waals surface area contributed by atoms with E-state index in [2.05, 4.69) is 0 Å². The molecule has 0 aliphatic rings. The van der Waals surface area contributed by atoms with Crippen LogP contribution < -0.4 is 0 Å². The largest absolute Gasteiger partial charge is 0.298 e. The van der Waals surface area contributed by atoms with Crippen LogP contribution in [0.25, 0.3) is 0 Å². The number of ketones is 1. The lowest BCUT2D eigenvalue weighted by atomic mass is 10.1.